The summed E-state index contributed by atoms with van der Waals surface area (Å²) in [5, 5.41) is 9.97. The summed E-state index contributed by atoms with van der Waals surface area (Å²) in [5.41, 5.74) is 2.18. The Morgan fingerprint density at radius 1 is 1.32 bits per heavy atom. The van der Waals surface area contributed by atoms with E-state index in [0.29, 0.717) is 35.1 Å². The molecule has 28 heavy (non-hydrogen) atoms. The summed E-state index contributed by atoms with van der Waals surface area (Å²) in [4.78, 5) is 33.4. The molecule has 0 spiro atoms. The molecule has 1 fully saturated rings. The maximum atomic E-state index is 13.3. The molecule has 7 heteroatoms. The minimum Gasteiger partial charge on any atom is -0.505 e. The fourth-order valence-corrected chi connectivity index (χ4v) is 3.57. The van der Waals surface area contributed by atoms with Crippen molar-refractivity contribution in [2.24, 2.45) is 0 Å². The number of pyridine rings is 2. The van der Waals surface area contributed by atoms with Crippen LogP contribution in [-0.2, 0) is 4.79 Å². The predicted molar refractivity (Wildman–Crippen MR) is 104 cm³/mol. The van der Waals surface area contributed by atoms with E-state index in [0.717, 1.165) is 12.1 Å². The highest BCUT2D eigenvalue weighted by atomic mass is 19.1. The number of carbonyl (C=O) groups excluding carboxylic acids is 1. The SMILES string of the molecule is C=CC(=O)N1CCC(c2cc3ncc(-c4ccc(F)c(O)c4)cc3c(=O)[nH]2)C1. The Hall–Kier alpha value is -3.48. The molecule has 0 saturated carbocycles. The minimum atomic E-state index is -0.708. The van der Waals surface area contributed by atoms with E-state index in [1.165, 1.54) is 24.3 Å². The lowest BCUT2D eigenvalue weighted by Gasteiger charge is -2.14. The molecule has 1 aromatic carbocycles. The summed E-state index contributed by atoms with van der Waals surface area (Å²) >= 11 is 0. The third-order valence-electron chi connectivity index (χ3n) is 5.11. The monoisotopic (exact) mass is 379 g/mol. The molecule has 0 radical (unpaired) electrons. The molecule has 1 unspecified atom stereocenters. The van der Waals surface area contributed by atoms with Gasteiger partial charge in [0.1, 0.15) is 0 Å². The summed E-state index contributed by atoms with van der Waals surface area (Å²) in [6, 6.07) is 7.47. The standard InChI is InChI=1S/C21H18FN3O3/c1-2-20(27)25-6-5-13(11-25)17-9-18-15(21(28)24-17)7-14(10-23-18)12-3-4-16(22)19(26)8-12/h2-4,7-10,13,26H,1,5-6,11H2,(H,24,28). The Morgan fingerprint density at radius 2 is 2.14 bits per heavy atom. The number of H-pyrrole nitrogens is 1. The second kappa shape index (κ2) is 6.92. The van der Waals surface area contributed by atoms with Crippen LogP contribution in [0.3, 0.4) is 0 Å². The lowest BCUT2D eigenvalue weighted by molar-refractivity contribution is -0.125. The normalized spacial score (nSPS) is 16.5. The average Bonchev–Trinajstić information content (AvgIpc) is 3.19. The van der Waals surface area contributed by atoms with E-state index >= 15 is 0 Å². The maximum Gasteiger partial charge on any atom is 0.257 e. The molecule has 3 aromatic rings. The Morgan fingerprint density at radius 3 is 2.89 bits per heavy atom. The largest absolute Gasteiger partial charge is 0.505 e. The van der Waals surface area contributed by atoms with Gasteiger partial charge in [0.15, 0.2) is 11.6 Å². The first kappa shape index (κ1) is 17.9. The zero-order valence-electron chi connectivity index (χ0n) is 15.0. The van der Waals surface area contributed by atoms with Gasteiger partial charge in [-0.3, -0.25) is 14.6 Å². The molecule has 2 N–H and O–H groups in total. The topological polar surface area (TPSA) is 86.3 Å². The molecule has 1 saturated heterocycles. The molecule has 4 rings (SSSR count). The van der Waals surface area contributed by atoms with Crippen LogP contribution in [0, 0.1) is 5.82 Å². The lowest BCUT2D eigenvalue weighted by Crippen LogP contribution is -2.26. The number of amides is 1. The number of carbonyl (C=O) groups is 1. The number of hydrogen-bond acceptors (Lipinski definition) is 4. The van der Waals surface area contributed by atoms with Gasteiger partial charge in [-0.15, -0.1) is 0 Å². The molecular weight excluding hydrogens is 361 g/mol. The number of benzene rings is 1. The molecule has 0 bridgehead atoms. The fraction of sp³-hybridized carbons (Fsp3) is 0.190. The minimum absolute atomic E-state index is 0.0384. The molecule has 0 aliphatic carbocycles. The Balaban J connectivity index is 1.69. The highest BCUT2D eigenvalue weighted by Crippen LogP contribution is 2.29. The van der Waals surface area contributed by atoms with Gasteiger partial charge in [0.25, 0.3) is 5.56 Å². The number of rotatable bonds is 3. The van der Waals surface area contributed by atoms with Gasteiger partial charge in [-0.25, -0.2) is 4.39 Å². The number of aromatic nitrogens is 2. The van der Waals surface area contributed by atoms with Gasteiger partial charge >= 0.3 is 0 Å². The van der Waals surface area contributed by atoms with Crippen LogP contribution in [-0.4, -0.2) is 39.0 Å². The molecule has 3 heterocycles. The zero-order chi connectivity index (χ0) is 19.8. The van der Waals surface area contributed by atoms with Gasteiger partial charge in [-0.2, -0.15) is 0 Å². The number of phenols is 1. The van der Waals surface area contributed by atoms with E-state index in [9.17, 15) is 19.1 Å². The number of phenolic OH excluding ortho intramolecular Hbond substituents is 1. The molecule has 1 aliphatic heterocycles. The highest BCUT2D eigenvalue weighted by Gasteiger charge is 2.27. The van der Waals surface area contributed by atoms with Crippen molar-refractivity contribution in [3.63, 3.8) is 0 Å². The number of halogens is 1. The molecule has 142 valence electrons. The van der Waals surface area contributed by atoms with Crippen LogP contribution >= 0.6 is 0 Å². The number of aromatic amines is 1. The first-order valence-corrected chi connectivity index (χ1v) is 8.89. The van der Waals surface area contributed by atoms with E-state index in [1.54, 1.807) is 17.2 Å². The second-order valence-electron chi connectivity index (χ2n) is 6.85. The van der Waals surface area contributed by atoms with Crippen molar-refractivity contribution in [1.82, 2.24) is 14.9 Å². The van der Waals surface area contributed by atoms with Crippen molar-refractivity contribution in [2.45, 2.75) is 12.3 Å². The number of nitrogens with zero attached hydrogens (tertiary/aromatic N) is 2. The number of fused-ring (bicyclic) bond motifs is 1. The number of nitrogens with one attached hydrogen (secondary N) is 1. The number of aromatic hydroxyl groups is 1. The second-order valence-corrected chi connectivity index (χ2v) is 6.85. The van der Waals surface area contributed by atoms with Crippen molar-refractivity contribution >= 4 is 16.8 Å². The summed E-state index contributed by atoms with van der Waals surface area (Å²) in [6.45, 7) is 4.65. The quantitative estimate of drug-likeness (QED) is 0.685. The predicted octanol–water partition coefficient (Wildman–Crippen LogP) is 2.94. The fourth-order valence-electron chi connectivity index (χ4n) is 3.57. The van der Waals surface area contributed by atoms with Crippen LogP contribution in [0.25, 0.3) is 22.0 Å². The molecule has 1 aliphatic rings. The number of hydrogen-bond donors (Lipinski definition) is 2. The van der Waals surface area contributed by atoms with Gasteiger partial charge in [0.2, 0.25) is 5.91 Å². The Labute approximate surface area is 160 Å². The van der Waals surface area contributed by atoms with Crippen LogP contribution in [0.2, 0.25) is 0 Å². The molecule has 1 amide bonds. The van der Waals surface area contributed by atoms with E-state index in [-0.39, 0.29) is 17.4 Å². The summed E-state index contributed by atoms with van der Waals surface area (Å²) in [6.07, 6.45) is 3.64. The molecular formula is C21H18FN3O3. The first-order chi connectivity index (χ1) is 13.5. The third-order valence-corrected chi connectivity index (χ3v) is 5.11. The summed E-state index contributed by atoms with van der Waals surface area (Å²) < 4.78 is 13.3. The van der Waals surface area contributed by atoms with Gasteiger partial charge in [-0.1, -0.05) is 12.6 Å². The van der Waals surface area contributed by atoms with Crippen molar-refractivity contribution in [1.29, 1.82) is 0 Å². The molecule has 1 atom stereocenters. The van der Waals surface area contributed by atoms with Crippen LogP contribution in [0.1, 0.15) is 18.0 Å². The van der Waals surface area contributed by atoms with Crippen molar-refractivity contribution in [3.8, 4) is 16.9 Å². The van der Waals surface area contributed by atoms with Gasteiger partial charge in [-0.05, 0) is 42.3 Å². The van der Waals surface area contributed by atoms with Crippen molar-refractivity contribution in [3.05, 3.63) is 71.0 Å². The lowest BCUT2D eigenvalue weighted by atomic mass is 10.0. The van der Waals surface area contributed by atoms with Crippen LogP contribution in [0.4, 0.5) is 4.39 Å². The maximum absolute atomic E-state index is 13.3. The summed E-state index contributed by atoms with van der Waals surface area (Å²) in [5.74, 6) is -1.24. The van der Waals surface area contributed by atoms with Gasteiger partial charge in [0.05, 0.1) is 10.9 Å². The Bertz CT molecular complexity index is 1160. The first-order valence-electron chi connectivity index (χ1n) is 8.89. The van der Waals surface area contributed by atoms with Crippen molar-refractivity contribution < 1.29 is 14.3 Å². The van der Waals surface area contributed by atoms with E-state index in [2.05, 4.69) is 16.5 Å². The van der Waals surface area contributed by atoms with Crippen LogP contribution in [0.5, 0.6) is 5.75 Å². The Kier molecular flexibility index (Phi) is 4.43. The van der Waals surface area contributed by atoms with Crippen LogP contribution < -0.4 is 5.56 Å². The smallest absolute Gasteiger partial charge is 0.257 e. The van der Waals surface area contributed by atoms with E-state index in [4.69, 9.17) is 0 Å². The van der Waals surface area contributed by atoms with Gasteiger partial charge < -0.3 is 15.0 Å². The average molecular weight is 379 g/mol. The van der Waals surface area contributed by atoms with Gasteiger partial charge in [0, 0.05) is 36.5 Å². The highest BCUT2D eigenvalue weighted by molar-refractivity contribution is 5.87. The van der Waals surface area contributed by atoms with E-state index < -0.39 is 11.6 Å². The zero-order valence-corrected chi connectivity index (χ0v) is 15.0. The number of likely N-dealkylation sites (tertiary alicyclic amines) is 1. The molecule has 6 nitrogen and oxygen atoms in total. The third kappa shape index (κ3) is 3.15. The van der Waals surface area contributed by atoms with E-state index in [1.807, 2.05) is 6.07 Å². The van der Waals surface area contributed by atoms with Crippen LogP contribution in [0.15, 0.2) is 54.0 Å². The van der Waals surface area contributed by atoms with Crippen molar-refractivity contribution in [2.75, 3.05) is 13.1 Å². The molecule has 2 aromatic heterocycles. The summed E-state index contributed by atoms with van der Waals surface area (Å²) in [7, 11) is 0.